The molecule has 8 nitrogen and oxygen atoms in total. The van der Waals surface area contributed by atoms with Gasteiger partial charge in [-0.2, -0.15) is 0 Å². The molecule has 10 heteroatoms. The summed E-state index contributed by atoms with van der Waals surface area (Å²) >= 11 is 5.81. The molecule has 1 atom stereocenters. The summed E-state index contributed by atoms with van der Waals surface area (Å²) in [5.74, 6) is 0.199. The van der Waals surface area contributed by atoms with E-state index >= 15 is 0 Å². The predicted octanol–water partition coefficient (Wildman–Crippen LogP) is 3.63. The first-order valence-corrected chi connectivity index (χ1v) is 10.6. The fraction of sp³-hybridized carbons (Fsp3) is 0.364. The summed E-state index contributed by atoms with van der Waals surface area (Å²) in [6.45, 7) is 5.69. The van der Waals surface area contributed by atoms with Crippen molar-refractivity contribution in [1.29, 1.82) is 0 Å². The third-order valence-corrected chi connectivity index (χ3v) is 4.57. The zero-order chi connectivity index (χ0) is 23.5. The van der Waals surface area contributed by atoms with Crippen LogP contribution in [0.5, 0.6) is 11.5 Å². The molecule has 32 heavy (non-hydrogen) atoms. The third kappa shape index (κ3) is 8.68. The summed E-state index contributed by atoms with van der Waals surface area (Å²) in [5, 5.41) is 13.0. The lowest BCUT2D eigenvalue weighted by Crippen LogP contribution is -2.45. The Kier molecular flexibility index (Phi) is 10.2. The van der Waals surface area contributed by atoms with Gasteiger partial charge >= 0.3 is 19.4 Å². The van der Waals surface area contributed by atoms with Gasteiger partial charge in [0.15, 0.2) is 0 Å². The molecule has 0 fully saturated rings. The zero-order valence-electron chi connectivity index (χ0n) is 18.2. The SMILES string of the molecule is CCOC(=O)C(NC(=O)OCCc1ccc(OB(O)Oc2ccc(Cl)cc2)cc1)C(C)C. The molecule has 2 rings (SSSR count). The largest absolute Gasteiger partial charge is 0.785 e. The van der Waals surface area contributed by atoms with Crippen molar-refractivity contribution in [3.05, 3.63) is 59.1 Å². The number of ether oxygens (including phenoxy) is 2. The van der Waals surface area contributed by atoms with E-state index in [1.54, 1.807) is 55.5 Å². The van der Waals surface area contributed by atoms with Crippen LogP contribution in [0.15, 0.2) is 48.5 Å². The van der Waals surface area contributed by atoms with Crippen LogP contribution in [0, 0.1) is 5.92 Å². The number of alkyl carbamates (subject to hydrolysis) is 1. The number of rotatable bonds is 11. The van der Waals surface area contributed by atoms with Crippen LogP contribution in [0.1, 0.15) is 26.3 Å². The molecule has 0 aliphatic rings. The van der Waals surface area contributed by atoms with E-state index in [0.29, 0.717) is 22.9 Å². The van der Waals surface area contributed by atoms with Crippen molar-refractivity contribution in [2.45, 2.75) is 33.2 Å². The molecular formula is C22H27BClNO7. The summed E-state index contributed by atoms with van der Waals surface area (Å²) in [6, 6.07) is 12.6. The summed E-state index contributed by atoms with van der Waals surface area (Å²) in [6.07, 6.45) is -0.220. The van der Waals surface area contributed by atoms with Crippen LogP contribution in [-0.4, -0.2) is 43.7 Å². The number of hydrogen-bond acceptors (Lipinski definition) is 7. The fourth-order valence-electron chi connectivity index (χ4n) is 2.66. The van der Waals surface area contributed by atoms with E-state index in [9.17, 15) is 14.6 Å². The molecule has 172 valence electrons. The molecule has 0 heterocycles. The molecule has 0 saturated carbocycles. The average molecular weight is 464 g/mol. The van der Waals surface area contributed by atoms with Gasteiger partial charge in [0.25, 0.3) is 0 Å². The quantitative estimate of drug-likeness (QED) is 0.387. The van der Waals surface area contributed by atoms with Crippen LogP contribution < -0.4 is 14.6 Å². The highest BCUT2D eigenvalue weighted by molar-refractivity contribution is 6.36. The van der Waals surface area contributed by atoms with Crippen molar-refractivity contribution < 1.29 is 33.4 Å². The number of esters is 1. The van der Waals surface area contributed by atoms with Crippen LogP contribution >= 0.6 is 11.6 Å². The Morgan fingerprint density at radius 1 is 1.00 bits per heavy atom. The van der Waals surface area contributed by atoms with Gasteiger partial charge in [-0.25, -0.2) is 9.59 Å². The van der Waals surface area contributed by atoms with Crippen molar-refractivity contribution in [2.75, 3.05) is 13.2 Å². The number of nitrogens with one attached hydrogen (secondary N) is 1. The third-order valence-electron chi connectivity index (χ3n) is 4.32. The lowest BCUT2D eigenvalue weighted by molar-refractivity contribution is -0.146. The number of benzene rings is 2. The maximum Gasteiger partial charge on any atom is 0.785 e. The standard InChI is InChI=1S/C22H27BClNO7/c1-4-29-21(26)20(15(2)3)25-22(27)30-14-13-16-5-9-18(10-6-16)31-23(28)32-19-11-7-17(24)8-12-19/h5-12,15,20,28H,4,13-14H2,1-3H3,(H,25,27). The molecule has 0 bridgehead atoms. The fourth-order valence-corrected chi connectivity index (χ4v) is 2.79. The molecule has 1 unspecified atom stereocenters. The zero-order valence-corrected chi connectivity index (χ0v) is 19.0. The highest BCUT2D eigenvalue weighted by Crippen LogP contribution is 2.18. The van der Waals surface area contributed by atoms with Gasteiger partial charge in [0.2, 0.25) is 0 Å². The minimum Gasteiger partial charge on any atom is -0.501 e. The average Bonchev–Trinajstić information content (AvgIpc) is 2.75. The van der Waals surface area contributed by atoms with Gasteiger partial charge in [0.1, 0.15) is 17.5 Å². The van der Waals surface area contributed by atoms with Crippen molar-refractivity contribution in [3.8, 4) is 11.5 Å². The molecule has 0 saturated heterocycles. The molecule has 0 aliphatic carbocycles. The van der Waals surface area contributed by atoms with Crippen LogP contribution in [0.3, 0.4) is 0 Å². The van der Waals surface area contributed by atoms with Crippen molar-refractivity contribution in [1.82, 2.24) is 5.32 Å². The minimum absolute atomic E-state index is 0.127. The number of amides is 1. The Labute approximate surface area is 192 Å². The van der Waals surface area contributed by atoms with Gasteiger partial charge in [-0.15, -0.1) is 0 Å². The van der Waals surface area contributed by atoms with E-state index in [0.717, 1.165) is 5.56 Å². The molecule has 2 N–H and O–H groups in total. The Morgan fingerprint density at radius 2 is 1.56 bits per heavy atom. The van der Waals surface area contributed by atoms with Gasteiger partial charge in [0, 0.05) is 11.4 Å². The molecule has 0 radical (unpaired) electrons. The number of hydrogen-bond donors (Lipinski definition) is 2. The van der Waals surface area contributed by atoms with Gasteiger partial charge in [0.05, 0.1) is 13.2 Å². The second kappa shape index (κ2) is 12.8. The molecule has 0 aromatic heterocycles. The van der Waals surface area contributed by atoms with Gasteiger partial charge in [-0.3, -0.25) is 0 Å². The maximum atomic E-state index is 12.0. The second-order valence-electron chi connectivity index (χ2n) is 7.14. The molecule has 1 amide bonds. The van der Waals surface area contributed by atoms with E-state index in [4.69, 9.17) is 30.4 Å². The van der Waals surface area contributed by atoms with Crippen LogP contribution in [0.2, 0.25) is 5.02 Å². The van der Waals surface area contributed by atoms with Gasteiger partial charge in [-0.1, -0.05) is 37.6 Å². The number of carbonyl (C=O) groups excluding carboxylic acids is 2. The van der Waals surface area contributed by atoms with Crippen LogP contribution in [0.25, 0.3) is 0 Å². The first-order valence-electron chi connectivity index (χ1n) is 10.2. The number of halogens is 1. The smallest absolute Gasteiger partial charge is 0.501 e. The van der Waals surface area contributed by atoms with Crippen molar-refractivity contribution >= 4 is 31.0 Å². The Balaban J connectivity index is 1.75. The summed E-state index contributed by atoms with van der Waals surface area (Å²) in [5.41, 5.74) is 0.893. The highest BCUT2D eigenvalue weighted by atomic mass is 35.5. The van der Waals surface area contributed by atoms with Gasteiger partial charge in [-0.05, 0) is 54.8 Å². The normalized spacial score (nSPS) is 11.4. The van der Waals surface area contributed by atoms with Crippen molar-refractivity contribution in [3.63, 3.8) is 0 Å². The lowest BCUT2D eigenvalue weighted by atomic mass is 10.1. The van der Waals surface area contributed by atoms with E-state index < -0.39 is 25.4 Å². The monoisotopic (exact) mass is 463 g/mol. The van der Waals surface area contributed by atoms with Gasteiger partial charge < -0.3 is 29.1 Å². The molecular weight excluding hydrogens is 437 g/mol. The Morgan fingerprint density at radius 3 is 2.09 bits per heavy atom. The van der Waals surface area contributed by atoms with E-state index in [2.05, 4.69) is 5.32 Å². The Hall–Kier alpha value is -2.91. The summed E-state index contributed by atoms with van der Waals surface area (Å²) in [7, 11) is -1.48. The van der Waals surface area contributed by atoms with Crippen molar-refractivity contribution in [2.24, 2.45) is 5.92 Å². The molecule has 2 aromatic rings. The summed E-state index contributed by atoms with van der Waals surface area (Å²) < 4.78 is 20.7. The molecule has 2 aromatic carbocycles. The van der Waals surface area contributed by atoms with Crippen LogP contribution in [-0.2, 0) is 20.7 Å². The number of carbonyl (C=O) groups is 2. The summed E-state index contributed by atoms with van der Waals surface area (Å²) in [4.78, 5) is 23.9. The molecule has 0 aliphatic heterocycles. The first kappa shape index (κ1) is 25.4. The van der Waals surface area contributed by atoms with E-state index in [1.165, 1.54) is 0 Å². The second-order valence-corrected chi connectivity index (χ2v) is 7.58. The topological polar surface area (TPSA) is 103 Å². The lowest BCUT2D eigenvalue weighted by Gasteiger charge is -2.20. The predicted molar refractivity (Wildman–Crippen MR) is 121 cm³/mol. The highest BCUT2D eigenvalue weighted by Gasteiger charge is 2.26. The Bertz CT molecular complexity index is 862. The van der Waals surface area contributed by atoms with E-state index in [1.807, 2.05) is 13.8 Å². The minimum atomic E-state index is -1.48. The van der Waals surface area contributed by atoms with Crippen LogP contribution in [0.4, 0.5) is 4.79 Å². The maximum absolute atomic E-state index is 12.0. The molecule has 0 spiro atoms. The van der Waals surface area contributed by atoms with E-state index in [-0.39, 0.29) is 19.1 Å². The first-order chi connectivity index (χ1) is 15.3.